The molecule has 31 heavy (non-hydrogen) atoms. The minimum Gasteiger partial charge on any atom is -0.481 e. The molecule has 0 spiro atoms. The highest BCUT2D eigenvalue weighted by Crippen LogP contribution is 2.12. The van der Waals surface area contributed by atoms with Crippen molar-refractivity contribution in [2.24, 2.45) is 0 Å². The van der Waals surface area contributed by atoms with Crippen molar-refractivity contribution in [3.8, 4) is 0 Å². The van der Waals surface area contributed by atoms with Crippen LogP contribution in [0.4, 0.5) is 0 Å². The van der Waals surface area contributed by atoms with Crippen LogP contribution in [0.3, 0.4) is 0 Å². The SMILES string of the molecule is C=C(C)C(=O)CCCCCCCCC=CCCCC(CCCC)NCCCCC(=O)O. The van der Waals surface area contributed by atoms with Gasteiger partial charge >= 0.3 is 5.97 Å². The summed E-state index contributed by atoms with van der Waals surface area (Å²) < 4.78 is 0. The normalized spacial score (nSPS) is 12.3. The average Bonchev–Trinajstić information content (AvgIpc) is 2.73. The monoisotopic (exact) mass is 435 g/mol. The van der Waals surface area contributed by atoms with Gasteiger partial charge < -0.3 is 10.4 Å². The zero-order valence-electron chi connectivity index (χ0n) is 20.4. The molecule has 4 nitrogen and oxygen atoms in total. The zero-order valence-corrected chi connectivity index (χ0v) is 20.4. The quantitative estimate of drug-likeness (QED) is 0.0998. The van der Waals surface area contributed by atoms with Gasteiger partial charge in [-0.25, -0.2) is 0 Å². The molecule has 0 aliphatic carbocycles. The molecule has 2 N–H and O–H groups in total. The second kappa shape index (κ2) is 21.8. The molecule has 1 atom stereocenters. The third-order valence-corrected chi connectivity index (χ3v) is 5.75. The number of ketones is 1. The second-order valence-corrected chi connectivity index (χ2v) is 8.91. The molecule has 0 rings (SSSR count). The van der Waals surface area contributed by atoms with Gasteiger partial charge in [-0.05, 0) is 76.8 Å². The lowest BCUT2D eigenvalue weighted by Crippen LogP contribution is -2.30. The van der Waals surface area contributed by atoms with E-state index in [1.807, 2.05) is 0 Å². The highest BCUT2D eigenvalue weighted by Gasteiger charge is 2.07. The maximum atomic E-state index is 11.5. The molecule has 0 radical (unpaired) electrons. The smallest absolute Gasteiger partial charge is 0.303 e. The van der Waals surface area contributed by atoms with Crippen LogP contribution in [0.1, 0.15) is 123 Å². The van der Waals surface area contributed by atoms with Crippen LogP contribution >= 0.6 is 0 Å². The number of carboxylic acids is 1. The van der Waals surface area contributed by atoms with Crippen molar-refractivity contribution in [2.45, 2.75) is 129 Å². The molecule has 4 heteroatoms. The predicted molar refractivity (Wildman–Crippen MR) is 133 cm³/mol. The van der Waals surface area contributed by atoms with Gasteiger partial charge in [-0.15, -0.1) is 0 Å². The molecular formula is C27H49NO3. The van der Waals surface area contributed by atoms with Crippen molar-refractivity contribution in [1.29, 1.82) is 0 Å². The average molecular weight is 436 g/mol. The van der Waals surface area contributed by atoms with Gasteiger partial charge in [0.25, 0.3) is 0 Å². The molecule has 0 fully saturated rings. The van der Waals surface area contributed by atoms with E-state index in [1.165, 1.54) is 64.2 Å². The van der Waals surface area contributed by atoms with E-state index in [4.69, 9.17) is 5.11 Å². The van der Waals surface area contributed by atoms with Crippen LogP contribution in [0.25, 0.3) is 0 Å². The summed E-state index contributed by atoms with van der Waals surface area (Å²) in [4.78, 5) is 22.0. The first-order valence-electron chi connectivity index (χ1n) is 12.8. The molecule has 0 saturated heterocycles. The highest BCUT2D eigenvalue weighted by atomic mass is 16.4. The van der Waals surface area contributed by atoms with Crippen molar-refractivity contribution in [3.63, 3.8) is 0 Å². The summed E-state index contributed by atoms with van der Waals surface area (Å²) >= 11 is 0. The summed E-state index contributed by atoms with van der Waals surface area (Å²) in [5, 5.41) is 12.3. The number of Topliss-reactive ketones (excluding diaryl/α,β-unsaturated/α-hetero) is 1. The highest BCUT2D eigenvalue weighted by molar-refractivity contribution is 5.93. The van der Waals surface area contributed by atoms with Crippen LogP contribution in [0.15, 0.2) is 24.3 Å². The van der Waals surface area contributed by atoms with Gasteiger partial charge in [-0.1, -0.05) is 64.2 Å². The van der Waals surface area contributed by atoms with Gasteiger partial charge in [0.05, 0.1) is 0 Å². The number of aliphatic carboxylic acids is 1. The third-order valence-electron chi connectivity index (χ3n) is 5.75. The summed E-state index contributed by atoms with van der Waals surface area (Å²) in [6.45, 7) is 8.66. The lowest BCUT2D eigenvalue weighted by atomic mass is 10.0. The van der Waals surface area contributed by atoms with Crippen molar-refractivity contribution < 1.29 is 14.7 Å². The number of hydrogen-bond donors (Lipinski definition) is 2. The Morgan fingerprint density at radius 1 is 0.839 bits per heavy atom. The Morgan fingerprint density at radius 2 is 1.42 bits per heavy atom. The van der Waals surface area contributed by atoms with E-state index in [2.05, 4.69) is 31.0 Å². The molecule has 1 unspecified atom stereocenters. The zero-order chi connectivity index (χ0) is 23.2. The Kier molecular flexibility index (Phi) is 20.8. The van der Waals surface area contributed by atoms with Crippen LogP contribution in [-0.4, -0.2) is 29.4 Å². The Hall–Kier alpha value is -1.42. The van der Waals surface area contributed by atoms with E-state index in [1.54, 1.807) is 6.92 Å². The molecule has 0 aliphatic rings. The van der Waals surface area contributed by atoms with Crippen LogP contribution < -0.4 is 5.32 Å². The Morgan fingerprint density at radius 3 is 2.06 bits per heavy atom. The first-order valence-corrected chi connectivity index (χ1v) is 12.8. The molecule has 0 aromatic carbocycles. The fourth-order valence-corrected chi connectivity index (χ4v) is 3.69. The summed E-state index contributed by atoms with van der Waals surface area (Å²) in [5.74, 6) is -0.477. The summed E-state index contributed by atoms with van der Waals surface area (Å²) in [6.07, 6.45) is 23.0. The second-order valence-electron chi connectivity index (χ2n) is 8.91. The largest absolute Gasteiger partial charge is 0.481 e. The summed E-state index contributed by atoms with van der Waals surface area (Å²) in [7, 11) is 0. The van der Waals surface area contributed by atoms with Gasteiger partial charge in [0.15, 0.2) is 5.78 Å². The molecule has 0 saturated carbocycles. The van der Waals surface area contributed by atoms with Crippen LogP contribution in [-0.2, 0) is 9.59 Å². The van der Waals surface area contributed by atoms with E-state index in [9.17, 15) is 9.59 Å². The number of unbranched alkanes of at least 4 members (excludes halogenated alkanes) is 9. The molecular weight excluding hydrogens is 386 g/mol. The fourth-order valence-electron chi connectivity index (χ4n) is 3.69. The lowest BCUT2D eigenvalue weighted by molar-refractivity contribution is -0.137. The van der Waals surface area contributed by atoms with E-state index in [0.717, 1.165) is 38.6 Å². The van der Waals surface area contributed by atoms with E-state index in [-0.39, 0.29) is 12.2 Å². The van der Waals surface area contributed by atoms with Crippen LogP contribution in [0.2, 0.25) is 0 Å². The van der Waals surface area contributed by atoms with Gasteiger partial charge in [-0.3, -0.25) is 9.59 Å². The standard InChI is InChI=1S/C27H49NO3/c1-4-5-19-25(28-23-18-17-22-27(30)31)20-15-13-11-9-7-6-8-10-12-14-16-21-26(29)24(2)3/h9,11,25,28H,2,4-8,10,12-23H2,1,3H3,(H,30,31). The van der Waals surface area contributed by atoms with Crippen molar-refractivity contribution in [2.75, 3.05) is 6.54 Å². The maximum Gasteiger partial charge on any atom is 0.303 e. The fraction of sp³-hybridized carbons (Fsp3) is 0.778. The maximum absolute atomic E-state index is 11.5. The van der Waals surface area contributed by atoms with Gasteiger partial charge in [0.2, 0.25) is 0 Å². The van der Waals surface area contributed by atoms with Crippen LogP contribution in [0, 0.1) is 0 Å². The molecule has 0 aromatic rings. The van der Waals surface area contributed by atoms with Gasteiger partial charge in [0.1, 0.15) is 0 Å². The number of nitrogens with one attached hydrogen (secondary N) is 1. The number of carbonyl (C=O) groups is 2. The number of allylic oxidation sites excluding steroid dienone is 3. The van der Waals surface area contributed by atoms with Crippen molar-refractivity contribution in [1.82, 2.24) is 5.32 Å². The molecule has 0 bridgehead atoms. The number of hydrogen-bond acceptors (Lipinski definition) is 3. The van der Waals surface area contributed by atoms with Gasteiger partial charge in [0, 0.05) is 18.9 Å². The van der Waals surface area contributed by atoms with Crippen LogP contribution in [0.5, 0.6) is 0 Å². The first-order chi connectivity index (χ1) is 15.0. The molecule has 180 valence electrons. The third kappa shape index (κ3) is 21.6. The van der Waals surface area contributed by atoms with Crippen molar-refractivity contribution in [3.05, 3.63) is 24.3 Å². The topological polar surface area (TPSA) is 66.4 Å². The minimum atomic E-state index is -0.693. The summed E-state index contributed by atoms with van der Waals surface area (Å²) in [5.41, 5.74) is 0.688. The first kappa shape index (κ1) is 29.6. The Labute approximate surface area is 192 Å². The number of carboxylic acid groups (broad SMARTS) is 1. The van der Waals surface area contributed by atoms with E-state index in [0.29, 0.717) is 18.0 Å². The molecule has 0 heterocycles. The van der Waals surface area contributed by atoms with E-state index < -0.39 is 5.97 Å². The number of rotatable bonds is 23. The molecule has 0 aliphatic heterocycles. The lowest BCUT2D eigenvalue weighted by Gasteiger charge is -2.18. The van der Waals surface area contributed by atoms with Crippen molar-refractivity contribution >= 4 is 11.8 Å². The number of carbonyl (C=O) groups excluding carboxylic acids is 1. The minimum absolute atomic E-state index is 0.216. The van der Waals surface area contributed by atoms with Gasteiger partial charge in [-0.2, -0.15) is 0 Å². The van der Waals surface area contributed by atoms with E-state index >= 15 is 0 Å². The Balaban J connectivity index is 3.63. The predicted octanol–water partition coefficient (Wildman–Crippen LogP) is 7.38. The molecule has 0 aromatic heterocycles. The molecule has 0 amide bonds. The summed E-state index contributed by atoms with van der Waals surface area (Å²) in [6, 6.07) is 0.573. The Bertz CT molecular complexity index is 499.